The molecule has 0 aliphatic carbocycles. The van der Waals surface area contributed by atoms with Crippen molar-refractivity contribution in [1.29, 1.82) is 0 Å². The summed E-state index contributed by atoms with van der Waals surface area (Å²) in [5, 5.41) is 5.48. The predicted molar refractivity (Wildman–Crippen MR) is 90.8 cm³/mol. The maximum absolute atomic E-state index is 11.9. The highest BCUT2D eigenvalue weighted by Crippen LogP contribution is 2.06. The Bertz CT molecular complexity index is 540. The van der Waals surface area contributed by atoms with Gasteiger partial charge in [-0.2, -0.15) is 0 Å². The van der Waals surface area contributed by atoms with Crippen LogP contribution in [0.5, 0.6) is 0 Å². The smallest absolute Gasteiger partial charge is 0.407 e. The van der Waals surface area contributed by atoms with Crippen LogP contribution < -0.4 is 10.6 Å². The highest BCUT2D eigenvalue weighted by atomic mass is 16.6. The minimum Gasteiger partial charge on any atom is -0.444 e. The number of carbonyl (C=O) groups is 2. The van der Waals surface area contributed by atoms with Crippen molar-refractivity contribution >= 4 is 12.0 Å². The summed E-state index contributed by atoms with van der Waals surface area (Å²) in [6.45, 7) is 9.54. The van der Waals surface area contributed by atoms with E-state index in [0.717, 1.165) is 5.69 Å². The average molecular weight is 337 g/mol. The van der Waals surface area contributed by atoms with Crippen molar-refractivity contribution in [2.75, 3.05) is 33.2 Å². The lowest BCUT2D eigenvalue weighted by Gasteiger charge is -2.21. The Morgan fingerprint density at radius 3 is 2.29 bits per heavy atom. The van der Waals surface area contributed by atoms with Gasteiger partial charge in [0, 0.05) is 32.4 Å². The molecule has 0 fully saturated rings. The number of nitrogens with zero attached hydrogens (tertiary/aromatic N) is 3. The summed E-state index contributed by atoms with van der Waals surface area (Å²) in [4.78, 5) is 33.4. The molecule has 8 nitrogen and oxygen atoms in total. The molecular weight excluding hydrogens is 310 g/mol. The highest BCUT2D eigenvalue weighted by Gasteiger charge is 2.15. The number of rotatable bonds is 7. The fraction of sp³-hybridized carbons (Fsp3) is 0.625. The largest absolute Gasteiger partial charge is 0.444 e. The zero-order valence-electron chi connectivity index (χ0n) is 15.0. The van der Waals surface area contributed by atoms with Crippen LogP contribution in [-0.4, -0.2) is 65.7 Å². The van der Waals surface area contributed by atoms with Crippen molar-refractivity contribution in [3.05, 3.63) is 23.8 Å². The Morgan fingerprint density at radius 2 is 1.75 bits per heavy atom. The zero-order chi connectivity index (χ0) is 18.2. The van der Waals surface area contributed by atoms with Crippen LogP contribution in [0.4, 0.5) is 4.79 Å². The van der Waals surface area contributed by atoms with E-state index in [1.54, 1.807) is 6.20 Å². The van der Waals surface area contributed by atoms with Gasteiger partial charge in [0.25, 0.3) is 5.91 Å². The number of alkyl carbamates (subject to hydrolysis) is 1. The van der Waals surface area contributed by atoms with Crippen LogP contribution in [0.3, 0.4) is 0 Å². The molecule has 0 unspecified atom stereocenters. The monoisotopic (exact) mass is 337 g/mol. The molecule has 0 bridgehead atoms. The SMILES string of the molecule is Cc1cnc(C(=O)NCCN(C)CCNC(=O)OC(C)(C)C)cn1. The van der Waals surface area contributed by atoms with Crippen LogP contribution in [0, 0.1) is 6.92 Å². The van der Waals surface area contributed by atoms with Gasteiger partial charge in [0.2, 0.25) is 0 Å². The lowest BCUT2D eigenvalue weighted by Crippen LogP contribution is -2.39. The molecule has 24 heavy (non-hydrogen) atoms. The third-order valence-corrected chi connectivity index (χ3v) is 2.95. The minimum absolute atomic E-state index is 0.247. The van der Waals surface area contributed by atoms with Gasteiger partial charge in [0.15, 0.2) is 0 Å². The van der Waals surface area contributed by atoms with E-state index in [1.165, 1.54) is 6.20 Å². The number of ether oxygens (including phenoxy) is 1. The van der Waals surface area contributed by atoms with Crippen molar-refractivity contribution < 1.29 is 14.3 Å². The van der Waals surface area contributed by atoms with Gasteiger partial charge in [-0.15, -0.1) is 0 Å². The second-order valence-corrected chi connectivity index (χ2v) is 6.53. The normalized spacial score (nSPS) is 11.2. The van der Waals surface area contributed by atoms with Crippen molar-refractivity contribution in [2.24, 2.45) is 0 Å². The van der Waals surface area contributed by atoms with Gasteiger partial charge < -0.3 is 20.3 Å². The number of hydrogen-bond donors (Lipinski definition) is 2. The Balaban J connectivity index is 2.17. The van der Waals surface area contributed by atoms with Crippen LogP contribution in [0.15, 0.2) is 12.4 Å². The first-order chi connectivity index (χ1) is 11.2. The van der Waals surface area contributed by atoms with Crippen LogP contribution in [0.1, 0.15) is 37.0 Å². The van der Waals surface area contributed by atoms with Gasteiger partial charge >= 0.3 is 6.09 Å². The molecule has 1 aromatic heterocycles. The molecular formula is C16H27N5O3. The fourth-order valence-corrected chi connectivity index (χ4v) is 1.74. The number of carbonyl (C=O) groups excluding carboxylic acids is 2. The molecule has 2 amide bonds. The van der Waals surface area contributed by atoms with E-state index >= 15 is 0 Å². The molecule has 0 aliphatic rings. The molecule has 134 valence electrons. The van der Waals surface area contributed by atoms with Crippen molar-refractivity contribution in [3.63, 3.8) is 0 Å². The number of amides is 2. The Kier molecular flexibility index (Phi) is 7.57. The van der Waals surface area contributed by atoms with E-state index in [2.05, 4.69) is 20.6 Å². The number of nitrogens with one attached hydrogen (secondary N) is 2. The van der Waals surface area contributed by atoms with Crippen LogP contribution in [-0.2, 0) is 4.74 Å². The number of likely N-dealkylation sites (N-methyl/N-ethyl adjacent to an activating group) is 1. The minimum atomic E-state index is -0.501. The highest BCUT2D eigenvalue weighted by molar-refractivity contribution is 5.91. The third kappa shape index (κ3) is 8.42. The summed E-state index contributed by atoms with van der Waals surface area (Å²) in [6, 6.07) is 0. The van der Waals surface area contributed by atoms with Gasteiger partial charge in [-0.05, 0) is 34.7 Å². The average Bonchev–Trinajstić information content (AvgIpc) is 2.46. The molecule has 1 rings (SSSR count). The van der Waals surface area contributed by atoms with Crippen LogP contribution in [0.2, 0.25) is 0 Å². The Labute approximate surface area is 143 Å². The molecule has 1 heterocycles. The predicted octanol–water partition coefficient (Wildman–Crippen LogP) is 0.971. The number of aryl methyl sites for hydroxylation is 1. The molecule has 0 aromatic carbocycles. The quantitative estimate of drug-likeness (QED) is 0.770. The van der Waals surface area contributed by atoms with Crippen molar-refractivity contribution in [3.8, 4) is 0 Å². The summed E-state index contributed by atoms with van der Waals surface area (Å²) in [5.74, 6) is -0.247. The molecule has 0 saturated carbocycles. The Hall–Kier alpha value is -2.22. The fourth-order valence-electron chi connectivity index (χ4n) is 1.74. The molecule has 2 N–H and O–H groups in total. The lowest BCUT2D eigenvalue weighted by molar-refractivity contribution is 0.0524. The molecule has 0 saturated heterocycles. The Morgan fingerprint density at radius 1 is 1.12 bits per heavy atom. The van der Waals surface area contributed by atoms with Gasteiger partial charge in [-0.1, -0.05) is 0 Å². The van der Waals surface area contributed by atoms with Crippen LogP contribution >= 0.6 is 0 Å². The van der Waals surface area contributed by atoms with E-state index < -0.39 is 11.7 Å². The van der Waals surface area contributed by atoms with E-state index in [4.69, 9.17) is 4.74 Å². The van der Waals surface area contributed by atoms with Gasteiger partial charge in [-0.25, -0.2) is 9.78 Å². The summed E-state index contributed by atoms with van der Waals surface area (Å²) < 4.78 is 5.15. The zero-order valence-corrected chi connectivity index (χ0v) is 15.0. The van der Waals surface area contributed by atoms with Crippen molar-refractivity contribution in [2.45, 2.75) is 33.3 Å². The molecule has 0 radical (unpaired) electrons. The van der Waals surface area contributed by atoms with E-state index in [1.807, 2.05) is 39.6 Å². The van der Waals surface area contributed by atoms with E-state index in [9.17, 15) is 9.59 Å². The molecule has 1 aromatic rings. The van der Waals surface area contributed by atoms with Gasteiger partial charge in [-0.3, -0.25) is 9.78 Å². The summed E-state index contributed by atoms with van der Waals surface area (Å²) in [6.07, 6.45) is 2.59. The maximum Gasteiger partial charge on any atom is 0.407 e. The summed E-state index contributed by atoms with van der Waals surface area (Å²) in [7, 11) is 1.91. The van der Waals surface area contributed by atoms with Crippen LogP contribution in [0.25, 0.3) is 0 Å². The molecule has 8 heteroatoms. The number of aromatic nitrogens is 2. The first kappa shape index (κ1) is 19.8. The molecule has 0 aliphatic heterocycles. The molecule has 0 atom stereocenters. The third-order valence-electron chi connectivity index (χ3n) is 2.95. The molecule has 0 spiro atoms. The second-order valence-electron chi connectivity index (χ2n) is 6.53. The lowest BCUT2D eigenvalue weighted by atomic mass is 10.2. The maximum atomic E-state index is 11.9. The first-order valence-electron chi connectivity index (χ1n) is 7.89. The topological polar surface area (TPSA) is 96.5 Å². The van der Waals surface area contributed by atoms with Gasteiger partial charge in [0.1, 0.15) is 11.3 Å². The second kappa shape index (κ2) is 9.17. The van der Waals surface area contributed by atoms with E-state index in [-0.39, 0.29) is 5.91 Å². The standard InChI is InChI=1S/C16H27N5O3/c1-12-10-20-13(11-19-12)14(22)17-6-8-21(5)9-7-18-15(23)24-16(2,3)4/h10-11H,6-9H2,1-5H3,(H,17,22)(H,18,23). The van der Waals surface area contributed by atoms with Gasteiger partial charge in [0.05, 0.1) is 11.9 Å². The van der Waals surface area contributed by atoms with E-state index in [0.29, 0.717) is 31.9 Å². The first-order valence-corrected chi connectivity index (χ1v) is 7.89. The summed E-state index contributed by atoms with van der Waals surface area (Å²) >= 11 is 0. The number of hydrogen-bond acceptors (Lipinski definition) is 6. The summed E-state index contributed by atoms with van der Waals surface area (Å²) in [5.41, 5.74) is 0.567. The van der Waals surface area contributed by atoms with Crippen molar-refractivity contribution in [1.82, 2.24) is 25.5 Å².